The fourth-order valence-electron chi connectivity index (χ4n) is 2.63. The van der Waals surface area contributed by atoms with E-state index in [9.17, 15) is 4.79 Å². The minimum Gasteiger partial charge on any atom is -0.243 e. The summed E-state index contributed by atoms with van der Waals surface area (Å²) in [6.45, 7) is 0. The van der Waals surface area contributed by atoms with Crippen molar-refractivity contribution in [1.82, 2.24) is 14.9 Å². The maximum Gasteiger partial charge on any atom is 0.408 e. The van der Waals surface area contributed by atoms with Gasteiger partial charge in [0.25, 0.3) is 5.52 Å². The number of aromatic amines is 1. The first-order valence-corrected chi connectivity index (χ1v) is 8.45. The molecule has 4 rings (SSSR count). The fourth-order valence-corrected chi connectivity index (χ4v) is 3.15. The van der Waals surface area contributed by atoms with E-state index in [2.05, 4.69) is 26.1 Å². The number of rotatable bonds is 2. The molecule has 4 aromatic rings. The SMILES string of the molecule is O=c1c2c(CBr)nc3ccccc3[n+]2[nH]n1-c1ccc(Cl)cc1. The summed E-state index contributed by atoms with van der Waals surface area (Å²) in [5, 5.41) is 4.25. The van der Waals surface area contributed by atoms with Crippen LogP contribution in [0.5, 0.6) is 0 Å². The summed E-state index contributed by atoms with van der Waals surface area (Å²) in [5.41, 5.74) is 3.45. The van der Waals surface area contributed by atoms with Crippen molar-refractivity contribution < 1.29 is 4.52 Å². The maximum atomic E-state index is 12.9. The van der Waals surface area contributed by atoms with Crippen molar-refractivity contribution in [2.45, 2.75) is 5.33 Å². The average Bonchev–Trinajstić information content (AvgIpc) is 2.93. The van der Waals surface area contributed by atoms with Crippen molar-refractivity contribution in [2.75, 3.05) is 0 Å². The number of alkyl halides is 1. The van der Waals surface area contributed by atoms with Crippen LogP contribution in [0, 0.1) is 0 Å². The van der Waals surface area contributed by atoms with E-state index in [1.165, 1.54) is 4.68 Å². The van der Waals surface area contributed by atoms with Gasteiger partial charge in [-0.2, -0.15) is 0 Å². The highest BCUT2D eigenvalue weighted by Gasteiger charge is 2.23. The molecule has 0 saturated carbocycles. The number of nitrogens with one attached hydrogen (secondary N) is 1. The first kappa shape index (κ1) is 14.4. The van der Waals surface area contributed by atoms with E-state index in [1.54, 1.807) is 28.8 Å². The third-order valence-corrected chi connectivity index (χ3v) is 4.48. The number of para-hydroxylation sites is 2. The quantitative estimate of drug-likeness (QED) is 0.422. The van der Waals surface area contributed by atoms with Crippen LogP contribution in [0.3, 0.4) is 0 Å². The molecule has 23 heavy (non-hydrogen) atoms. The Morgan fingerprint density at radius 2 is 1.91 bits per heavy atom. The van der Waals surface area contributed by atoms with Crippen molar-refractivity contribution >= 4 is 44.1 Å². The Hall–Kier alpha value is -2.18. The summed E-state index contributed by atoms with van der Waals surface area (Å²) >= 11 is 9.34. The van der Waals surface area contributed by atoms with E-state index in [4.69, 9.17) is 11.6 Å². The Morgan fingerprint density at radius 1 is 1.17 bits per heavy atom. The highest BCUT2D eigenvalue weighted by Crippen LogP contribution is 2.14. The van der Waals surface area contributed by atoms with Gasteiger partial charge in [0, 0.05) is 5.02 Å². The van der Waals surface area contributed by atoms with Crippen LogP contribution in [-0.4, -0.2) is 14.9 Å². The molecular weight excluding hydrogens is 380 g/mol. The largest absolute Gasteiger partial charge is 0.408 e. The number of H-pyrrole nitrogens is 1. The molecule has 0 amide bonds. The highest BCUT2D eigenvalue weighted by molar-refractivity contribution is 9.08. The summed E-state index contributed by atoms with van der Waals surface area (Å²) in [7, 11) is 0. The third-order valence-electron chi connectivity index (χ3n) is 3.69. The van der Waals surface area contributed by atoms with Crippen LogP contribution in [0.1, 0.15) is 5.69 Å². The minimum absolute atomic E-state index is 0.153. The van der Waals surface area contributed by atoms with Crippen molar-refractivity contribution in [2.24, 2.45) is 0 Å². The highest BCUT2D eigenvalue weighted by atomic mass is 79.9. The van der Waals surface area contributed by atoms with E-state index in [-0.39, 0.29) is 5.56 Å². The number of benzene rings is 2. The van der Waals surface area contributed by atoms with Gasteiger partial charge in [0.1, 0.15) is 11.2 Å². The molecule has 0 atom stereocenters. The molecular formula is C16H11BrClN4O+. The predicted molar refractivity (Wildman–Crippen MR) is 92.5 cm³/mol. The lowest BCUT2D eigenvalue weighted by atomic mass is 10.2. The van der Waals surface area contributed by atoms with Gasteiger partial charge in [-0.05, 0) is 36.4 Å². The molecule has 2 heterocycles. The summed E-state index contributed by atoms with van der Waals surface area (Å²) in [6, 6.07) is 14.8. The van der Waals surface area contributed by atoms with Crippen LogP contribution < -0.4 is 10.1 Å². The number of halogens is 2. The van der Waals surface area contributed by atoms with Gasteiger partial charge >= 0.3 is 5.56 Å². The van der Waals surface area contributed by atoms with Gasteiger partial charge in [-0.3, -0.25) is 0 Å². The van der Waals surface area contributed by atoms with Crippen molar-refractivity contribution in [3.05, 3.63) is 69.6 Å². The van der Waals surface area contributed by atoms with Crippen LogP contribution in [0.4, 0.5) is 0 Å². The lowest BCUT2D eigenvalue weighted by molar-refractivity contribution is -0.556. The van der Waals surface area contributed by atoms with Gasteiger partial charge < -0.3 is 0 Å². The van der Waals surface area contributed by atoms with Gasteiger partial charge in [-0.25, -0.2) is 9.78 Å². The normalized spacial score (nSPS) is 11.4. The molecule has 7 heteroatoms. The molecule has 0 radical (unpaired) electrons. The van der Waals surface area contributed by atoms with Crippen molar-refractivity contribution in [3.63, 3.8) is 0 Å². The lowest BCUT2D eigenvalue weighted by Crippen LogP contribution is -2.28. The predicted octanol–water partition coefficient (Wildman–Crippen LogP) is 3.00. The molecule has 0 aliphatic rings. The molecule has 114 valence electrons. The molecule has 0 aliphatic carbocycles. The molecule has 0 fully saturated rings. The number of aromatic nitrogens is 4. The number of nitrogens with zero attached hydrogens (tertiary/aromatic N) is 3. The molecule has 1 N–H and O–H groups in total. The van der Waals surface area contributed by atoms with Crippen LogP contribution in [0.25, 0.3) is 22.2 Å². The van der Waals surface area contributed by atoms with Crippen LogP contribution in [0.15, 0.2) is 53.3 Å². The van der Waals surface area contributed by atoms with Gasteiger partial charge in [-0.1, -0.05) is 49.6 Å². The molecule has 5 nitrogen and oxygen atoms in total. The van der Waals surface area contributed by atoms with E-state index < -0.39 is 0 Å². The second kappa shape index (κ2) is 5.47. The molecule has 0 aliphatic heterocycles. The molecule has 2 aromatic heterocycles. The number of fused-ring (bicyclic) bond motifs is 3. The van der Waals surface area contributed by atoms with E-state index in [1.807, 2.05) is 24.3 Å². The Balaban J connectivity index is 2.12. The smallest absolute Gasteiger partial charge is 0.243 e. The van der Waals surface area contributed by atoms with E-state index >= 15 is 0 Å². The number of hydrogen-bond acceptors (Lipinski definition) is 2. The fraction of sp³-hybridized carbons (Fsp3) is 0.0625. The first-order valence-electron chi connectivity index (χ1n) is 6.95. The summed E-state index contributed by atoms with van der Waals surface area (Å²) < 4.78 is 3.27. The molecule has 0 spiro atoms. The van der Waals surface area contributed by atoms with Gasteiger partial charge in [0.05, 0.1) is 5.33 Å². The summed E-state index contributed by atoms with van der Waals surface area (Å²) in [6.07, 6.45) is 0. The van der Waals surface area contributed by atoms with Gasteiger partial charge in [0.15, 0.2) is 11.2 Å². The third kappa shape index (κ3) is 2.26. The molecule has 2 aromatic carbocycles. The standard InChI is InChI=1S/C16H10BrClN4O/c17-9-13-15-16(23)21(11-7-5-10(18)6-8-11)20-22(15)14-4-2-1-3-12(14)19-13/h1-8H,9H2/p+1. The van der Waals surface area contributed by atoms with Crippen molar-refractivity contribution in [3.8, 4) is 5.69 Å². The zero-order valence-electron chi connectivity index (χ0n) is 11.8. The average molecular weight is 391 g/mol. The number of hydrogen-bond donors (Lipinski definition) is 1. The van der Waals surface area contributed by atoms with Crippen molar-refractivity contribution in [1.29, 1.82) is 0 Å². The van der Waals surface area contributed by atoms with Crippen LogP contribution >= 0.6 is 27.5 Å². The topological polar surface area (TPSA) is 54.8 Å². The second-order valence-electron chi connectivity index (χ2n) is 5.08. The lowest BCUT2D eigenvalue weighted by Gasteiger charge is -1.98. The minimum atomic E-state index is -0.153. The summed E-state index contributed by atoms with van der Waals surface area (Å²) in [5.74, 6) is 0. The zero-order chi connectivity index (χ0) is 16.0. The van der Waals surface area contributed by atoms with E-state index in [0.717, 1.165) is 11.0 Å². The monoisotopic (exact) mass is 389 g/mol. The van der Waals surface area contributed by atoms with Gasteiger partial charge in [0.2, 0.25) is 0 Å². The summed E-state index contributed by atoms with van der Waals surface area (Å²) in [4.78, 5) is 17.4. The molecule has 0 saturated heterocycles. The Bertz CT molecular complexity index is 1090. The first-order chi connectivity index (χ1) is 11.2. The Morgan fingerprint density at radius 3 is 2.65 bits per heavy atom. The molecule has 0 bridgehead atoms. The van der Waals surface area contributed by atoms with E-state index in [0.29, 0.717) is 27.3 Å². The van der Waals surface area contributed by atoms with Gasteiger partial charge in [-0.15, -0.1) is 4.52 Å². The Labute approximate surface area is 144 Å². The van der Waals surface area contributed by atoms with Crippen LogP contribution in [0.2, 0.25) is 5.02 Å². The van der Waals surface area contributed by atoms with Crippen LogP contribution in [-0.2, 0) is 5.33 Å². The maximum absolute atomic E-state index is 12.9. The molecule has 0 unspecified atom stereocenters. The Kier molecular flexibility index (Phi) is 3.43. The zero-order valence-corrected chi connectivity index (χ0v) is 14.2. The second-order valence-corrected chi connectivity index (χ2v) is 6.08.